The molecule has 2 rings (SSSR count). The van der Waals surface area contributed by atoms with E-state index in [2.05, 4.69) is 13.8 Å². The van der Waals surface area contributed by atoms with Gasteiger partial charge < -0.3 is 14.4 Å². The summed E-state index contributed by atoms with van der Waals surface area (Å²) in [5.74, 6) is 0.870. The quantitative estimate of drug-likeness (QED) is 0.783. The van der Waals surface area contributed by atoms with E-state index >= 15 is 0 Å². The fourth-order valence-corrected chi connectivity index (χ4v) is 2.65. The van der Waals surface area contributed by atoms with Crippen molar-refractivity contribution in [3.8, 4) is 5.75 Å². The molecule has 0 aliphatic carbocycles. The maximum atomic E-state index is 12.6. The van der Waals surface area contributed by atoms with Crippen LogP contribution in [0.2, 0.25) is 0 Å². The summed E-state index contributed by atoms with van der Waals surface area (Å²) in [5, 5.41) is 0. The van der Waals surface area contributed by atoms with Crippen LogP contribution >= 0.6 is 0 Å². The minimum Gasteiger partial charge on any atom is -0.493 e. The first kappa shape index (κ1) is 17.3. The summed E-state index contributed by atoms with van der Waals surface area (Å²) in [6.07, 6.45) is 1.31. The molecule has 1 amide bonds. The molecule has 1 heterocycles. The molecule has 5 heteroatoms. The van der Waals surface area contributed by atoms with Crippen molar-refractivity contribution in [2.75, 3.05) is 26.8 Å². The number of piperidine rings is 1. The molecule has 1 aliphatic heterocycles. The molecule has 1 saturated heterocycles. The smallest absolute Gasteiger partial charge is 0.308 e. The highest BCUT2D eigenvalue weighted by atomic mass is 16.5. The van der Waals surface area contributed by atoms with E-state index in [0.29, 0.717) is 49.8 Å². The third-order valence-electron chi connectivity index (χ3n) is 3.98. The van der Waals surface area contributed by atoms with Crippen molar-refractivity contribution in [3.05, 3.63) is 29.8 Å². The minimum atomic E-state index is -0.179. The van der Waals surface area contributed by atoms with Crippen molar-refractivity contribution in [3.63, 3.8) is 0 Å². The zero-order valence-electron chi connectivity index (χ0n) is 14.1. The van der Waals surface area contributed by atoms with E-state index in [1.165, 1.54) is 7.11 Å². The van der Waals surface area contributed by atoms with E-state index < -0.39 is 0 Å². The number of ether oxygens (including phenoxy) is 2. The van der Waals surface area contributed by atoms with Crippen molar-refractivity contribution >= 4 is 11.9 Å². The predicted molar refractivity (Wildman–Crippen MR) is 87.4 cm³/mol. The largest absolute Gasteiger partial charge is 0.493 e. The van der Waals surface area contributed by atoms with Crippen LogP contribution in [0.5, 0.6) is 5.75 Å². The third kappa shape index (κ3) is 4.71. The van der Waals surface area contributed by atoms with Crippen LogP contribution in [0.15, 0.2) is 24.3 Å². The number of carbonyl (C=O) groups excluding carboxylic acids is 2. The van der Waals surface area contributed by atoms with E-state index in [1.807, 2.05) is 12.1 Å². The molecule has 1 aromatic rings. The Balaban J connectivity index is 1.96. The first-order valence-electron chi connectivity index (χ1n) is 8.11. The molecule has 0 bridgehead atoms. The molecule has 1 aliphatic rings. The highest BCUT2D eigenvalue weighted by molar-refractivity contribution is 5.94. The second-order valence-electron chi connectivity index (χ2n) is 6.32. The molecule has 0 atom stereocenters. The number of hydrogen-bond acceptors (Lipinski definition) is 4. The average molecular weight is 319 g/mol. The number of benzene rings is 1. The van der Waals surface area contributed by atoms with Gasteiger partial charge in [0, 0.05) is 18.7 Å². The molecule has 0 aromatic heterocycles. The lowest BCUT2D eigenvalue weighted by atomic mass is 9.96. The molecule has 1 fully saturated rings. The summed E-state index contributed by atoms with van der Waals surface area (Å²) < 4.78 is 10.4. The van der Waals surface area contributed by atoms with Gasteiger partial charge in [-0.15, -0.1) is 0 Å². The number of likely N-dealkylation sites (tertiary alicyclic amines) is 1. The van der Waals surface area contributed by atoms with E-state index in [9.17, 15) is 9.59 Å². The molecule has 126 valence electrons. The summed E-state index contributed by atoms with van der Waals surface area (Å²) in [4.78, 5) is 25.9. The molecule has 0 N–H and O–H groups in total. The number of amides is 1. The van der Waals surface area contributed by atoms with Crippen LogP contribution in [-0.4, -0.2) is 43.6 Å². The molecule has 5 nitrogen and oxygen atoms in total. The topological polar surface area (TPSA) is 55.8 Å². The second kappa shape index (κ2) is 7.99. The van der Waals surface area contributed by atoms with Gasteiger partial charge in [-0.05, 0) is 37.0 Å². The van der Waals surface area contributed by atoms with E-state index in [0.717, 1.165) is 0 Å². The number of carbonyl (C=O) groups is 2. The molecule has 0 radical (unpaired) electrons. The van der Waals surface area contributed by atoms with Crippen LogP contribution in [0.4, 0.5) is 0 Å². The van der Waals surface area contributed by atoms with Gasteiger partial charge in [-0.1, -0.05) is 19.9 Å². The van der Waals surface area contributed by atoms with Gasteiger partial charge in [-0.25, -0.2) is 0 Å². The van der Waals surface area contributed by atoms with Crippen LogP contribution in [0, 0.1) is 11.8 Å². The van der Waals surface area contributed by atoms with Crippen molar-refractivity contribution in [2.24, 2.45) is 11.8 Å². The summed E-state index contributed by atoms with van der Waals surface area (Å²) in [6.45, 7) is 5.95. The average Bonchev–Trinajstić information content (AvgIpc) is 2.59. The van der Waals surface area contributed by atoms with Gasteiger partial charge in [0.05, 0.1) is 19.6 Å². The number of methoxy groups -OCH3 is 1. The minimum absolute atomic E-state index is 0.0108. The van der Waals surface area contributed by atoms with E-state index in [1.54, 1.807) is 17.0 Å². The van der Waals surface area contributed by atoms with Gasteiger partial charge in [-0.3, -0.25) is 9.59 Å². The SMILES string of the molecule is COC(=O)C1CCN(C(=O)c2cccc(OCC(C)C)c2)CC1. The fourth-order valence-electron chi connectivity index (χ4n) is 2.65. The predicted octanol–water partition coefficient (Wildman–Crippen LogP) is 2.75. The summed E-state index contributed by atoms with van der Waals surface area (Å²) in [5.41, 5.74) is 0.628. The van der Waals surface area contributed by atoms with Crippen molar-refractivity contribution in [2.45, 2.75) is 26.7 Å². The lowest BCUT2D eigenvalue weighted by Gasteiger charge is -2.30. The van der Waals surface area contributed by atoms with Gasteiger partial charge in [0.1, 0.15) is 5.75 Å². The highest BCUT2D eigenvalue weighted by Crippen LogP contribution is 2.22. The Labute approximate surface area is 137 Å². The van der Waals surface area contributed by atoms with Gasteiger partial charge >= 0.3 is 5.97 Å². The number of rotatable bonds is 5. The van der Waals surface area contributed by atoms with Crippen molar-refractivity contribution in [1.29, 1.82) is 0 Å². The monoisotopic (exact) mass is 319 g/mol. The first-order valence-corrected chi connectivity index (χ1v) is 8.11. The maximum Gasteiger partial charge on any atom is 0.308 e. The molecule has 23 heavy (non-hydrogen) atoms. The Morgan fingerprint density at radius 2 is 1.96 bits per heavy atom. The Morgan fingerprint density at radius 3 is 2.57 bits per heavy atom. The fraction of sp³-hybridized carbons (Fsp3) is 0.556. The lowest BCUT2D eigenvalue weighted by molar-refractivity contribution is -0.146. The second-order valence-corrected chi connectivity index (χ2v) is 6.32. The third-order valence-corrected chi connectivity index (χ3v) is 3.98. The van der Waals surface area contributed by atoms with Crippen LogP contribution in [-0.2, 0) is 9.53 Å². The molecular weight excluding hydrogens is 294 g/mol. The first-order chi connectivity index (χ1) is 11.0. The maximum absolute atomic E-state index is 12.6. The van der Waals surface area contributed by atoms with Crippen LogP contribution in [0.3, 0.4) is 0 Å². The van der Waals surface area contributed by atoms with Crippen molar-refractivity contribution < 1.29 is 19.1 Å². The number of hydrogen-bond donors (Lipinski definition) is 0. The Morgan fingerprint density at radius 1 is 1.26 bits per heavy atom. The van der Waals surface area contributed by atoms with E-state index in [4.69, 9.17) is 9.47 Å². The zero-order valence-corrected chi connectivity index (χ0v) is 14.1. The summed E-state index contributed by atoms with van der Waals surface area (Å²) >= 11 is 0. The Kier molecular flexibility index (Phi) is 6.02. The summed E-state index contributed by atoms with van der Waals surface area (Å²) in [6, 6.07) is 7.29. The number of nitrogens with zero attached hydrogens (tertiary/aromatic N) is 1. The number of esters is 1. The van der Waals surface area contributed by atoms with E-state index in [-0.39, 0.29) is 17.8 Å². The standard InChI is InChI=1S/C18H25NO4/c1-13(2)12-23-16-6-4-5-15(11-16)17(20)19-9-7-14(8-10-19)18(21)22-3/h4-6,11,13-14H,7-10,12H2,1-3H3. The molecule has 0 saturated carbocycles. The van der Waals surface area contributed by atoms with Crippen LogP contribution in [0.1, 0.15) is 37.0 Å². The molecular formula is C18H25NO4. The highest BCUT2D eigenvalue weighted by Gasteiger charge is 2.28. The Bertz CT molecular complexity index is 548. The van der Waals surface area contributed by atoms with Gasteiger partial charge in [0.2, 0.25) is 0 Å². The Hall–Kier alpha value is -2.04. The normalized spacial score (nSPS) is 15.6. The summed E-state index contributed by atoms with van der Waals surface area (Å²) in [7, 11) is 1.41. The molecule has 0 unspecified atom stereocenters. The molecule has 0 spiro atoms. The van der Waals surface area contributed by atoms with Crippen LogP contribution < -0.4 is 4.74 Å². The van der Waals surface area contributed by atoms with Crippen LogP contribution in [0.25, 0.3) is 0 Å². The molecule has 1 aromatic carbocycles. The lowest BCUT2D eigenvalue weighted by Crippen LogP contribution is -2.40. The van der Waals surface area contributed by atoms with Gasteiger partial charge in [0.15, 0.2) is 0 Å². The van der Waals surface area contributed by atoms with Gasteiger partial charge in [-0.2, -0.15) is 0 Å². The van der Waals surface area contributed by atoms with Crippen molar-refractivity contribution in [1.82, 2.24) is 4.90 Å². The zero-order chi connectivity index (χ0) is 16.8. The van der Waals surface area contributed by atoms with Gasteiger partial charge in [0.25, 0.3) is 5.91 Å².